The molecule has 26 heavy (non-hydrogen) atoms. The molecule has 3 aliphatic rings. The number of fused-ring (bicyclic) bond motifs is 5. The van der Waals surface area contributed by atoms with Gasteiger partial charge in [-0.1, -0.05) is 18.2 Å². The van der Waals surface area contributed by atoms with Gasteiger partial charge in [0, 0.05) is 29.7 Å². The maximum atomic E-state index is 12.3. The minimum Gasteiger partial charge on any atom is -0.497 e. The first-order valence-electron chi connectivity index (χ1n) is 9.32. The Morgan fingerprint density at radius 1 is 1.35 bits per heavy atom. The monoisotopic (exact) mass is 351 g/mol. The maximum absolute atomic E-state index is 12.3. The summed E-state index contributed by atoms with van der Waals surface area (Å²) < 4.78 is 13.3. The number of carbonyl (C=O) groups excluding carboxylic acids is 1. The molecule has 3 atom stereocenters. The van der Waals surface area contributed by atoms with Crippen molar-refractivity contribution in [2.45, 2.75) is 25.9 Å². The Morgan fingerprint density at radius 2 is 2.19 bits per heavy atom. The smallest absolute Gasteiger partial charge is 0.337 e. The number of methoxy groups -OCH3 is 1. The van der Waals surface area contributed by atoms with Crippen LogP contribution in [0.15, 0.2) is 36.1 Å². The van der Waals surface area contributed by atoms with Crippen molar-refractivity contribution in [3.05, 3.63) is 47.4 Å². The lowest BCUT2D eigenvalue weighted by molar-refractivity contribution is -0.545. The van der Waals surface area contributed by atoms with Gasteiger partial charge in [0.2, 0.25) is 5.71 Å². The van der Waals surface area contributed by atoms with Gasteiger partial charge in [-0.25, -0.2) is 9.37 Å². The van der Waals surface area contributed by atoms with Gasteiger partial charge in [0.05, 0.1) is 24.9 Å². The van der Waals surface area contributed by atoms with E-state index in [1.165, 1.54) is 35.0 Å². The molecule has 0 spiro atoms. The van der Waals surface area contributed by atoms with E-state index in [2.05, 4.69) is 40.7 Å². The third-order valence-electron chi connectivity index (χ3n) is 6.31. The van der Waals surface area contributed by atoms with Gasteiger partial charge in [-0.2, -0.15) is 0 Å². The van der Waals surface area contributed by atoms with Crippen LogP contribution in [0.5, 0.6) is 0 Å². The zero-order chi connectivity index (χ0) is 17.8. The van der Waals surface area contributed by atoms with Crippen LogP contribution in [0, 0.1) is 11.8 Å². The predicted octanol–water partition coefficient (Wildman–Crippen LogP) is 2.64. The molecule has 0 fully saturated rings. The van der Waals surface area contributed by atoms with Crippen LogP contribution in [0.2, 0.25) is 0 Å². The Hall–Kier alpha value is -2.56. The molecule has 1 aromatic carbocycles. The van der Waals surface area contributed by atoms with Gasteiger partial charge in [-0.3, -0.25) is 0 Å². The number of aromatic amines is 1. The molecule has 4 heterocycles. The van der Waals surface area contributed by atoms with Crippen LogP contribution in [0.25, 0.3) is 10.9 Å². The van der Waals surface area contributed by atoms with Crippen LogP contribution in [0.4, 0.5) is 0 Å². The molecule has 0 radical (unpaired) electrons. The Balaban J connectivity index is 1.60. The third kappa shape index (κ3) is 2.16. The molecular weight excluding hydrogens is 328 g/mol. The summed E-state index contributed by atoms with van der Waals surface area (Å²) in [5.74, 6) is 0.187. The van der Waals surface area contributed by atoms with E-state index in [1.807, 2.05) is 0 Å². The highest BCUT2D eigenvalue weighted by molar-refractivity contribution is 6.04. The maximum Gasteiger partial charge on any atom is 0.337 e. The lowest BCUT2D eigenvalue weighted by Crippen LogP contribution is -2.48. The van der Waals surface area contributed by atoms with Crippen molar-refractivity contribution in [3.63, 3.8) is 0 Å². The van der Waals surface area contributed by atoms with E-state index < -0.39 is 0 Å². The second-order valence-corrected chi connectivity index (χ2v) is 7.55. The summed E-state index contributed by atoms with van der Waals surface area (Å²) in [4.78, 5) is 15.9. The van der Waals surface area contributed by atoms with E-state index in [0.29, 0.717) is 11.5 Å². The number of benzene rings is 1. The molecule has 0 amide bonds. The normalized spacial score (nSPS) is 27.2. The van der Waals surface area contributed by atoms with Crippen LogP contribution in [0.3, 0.4) is 0 Å². The van der Waals surface area contributed by atoms with Crippen molar-refractivity contribution in [2.24, 2.45) is 11.8 Å². The molecule has 5 nitrogen and oxygen atoms in total. The van der Waals surface area contributed by atoms with Crippen LogP contribution in [-0.2, 0) is 20.7 Å². The summed E-state index contributed by atoms with van der Waals surface area (Å²) in [5, 5.41) is 1.32. The van der Waals surface area contributed by atoms with Gasteiger partial charge in [0.15, 0.2) is 0 Å². The minimum atomic E-state index is -0.270. The van der Waals surface area contributed by atoms with Crippen LogP contribution in [0.1, 0.15) is 24.6 Å². The second kappa shape index (κ2) is 5.73. The van der Waals surface area contributed by atoms with E-state index in [0.717, 1.165) is 25.9 Å². The molecule has 1 aromatic heterocycles. The van der Waals surface area contributed by atoms with Crippen LogP contribution in [-0.4, -0.2) is 47.5 Å². The summed E-state index contributed by atoms with van der Waals surface area (Å²) in [5.41, 5.74) is 5.85. The van der Waals surface area contributed by atoms with Crippen molar-refractivity contribution in [1.29, 1.82) is 0 Å². The molecule has 0 aliphatic carbocycles. The van der Waals surface area contributed by atoms with Gasteiger partial charge in [-0.15, -0.1) is 0 Å². The van der Waals surface area contributed by atoms with Crippen molar-refractivity contribution in [1.82, 2.24) is 4.98 Å². The molecule has 1 N–H and O–H groups in total. The first kappa shape index (κ1) is 15.7. The number of ether oxygens (including phenoxy) is 2. The Bertz CT molecular complexity index is 969. The molecule has 0 saturated heterocycles. The quantitative estimate of drug-likeness (QED) is 0.635. The van der Waals surface area contributed by atoms with Crippen molar-refractivity contribution < 1.29 is 18.8 Å². The average Bonchev–Trinajstić information content (AvgIpc) is 3.06. The van der Waals surface area contributed by atoms with Gasteiger partial charge in [0.25, 0.3) is 0 Å². The number of nitrogens with one attached hydrogen (secondary N) is 1. The molecule has 5 heteroatoms. The minimum absolute atomic E-state index is 0.110. The van der Waals surface area contributed by atoms with Gasteiger partial charge >= 0.3 is 5.97 Å². The fourth-order valence-electron chi connectivity index (χ4n) is 4.92. The lowest BCUT2D eigenvalue weighted by Gasteiger charge is -2.38. The fourth-order valence-corrected chi connectivity index (χ4v) is 4.92. The molecule has 1 unspecified atom stereocenters. The summed E-state index contributed by atoms with van der Waals surface area (Å²) in [6, 6.07) is 8.51. The number of esters is 1. The van der Waals surface area contributed by atoms with Crippen molar-refractivity contribution >= 4 is 22.6 Å². The largest absolute Gasteiger partial charge is 0.497 e. The van der Waals surface area contributed by atoms with E-state index in [-0.39, 0.29) is 18.0 Å². The van der Waals surface area contributed by atoms with Gasteiger partial charge in [-0.05, 0) is 18.6 Å². The number of rotatable bonds is 1. The first-order valence-corrected chi connectivity index (χ1v) is 9.32. The van der Waals surface area contributed by atoms with E-state index in [1.54, 1.807) is 6.26 Å². The molecule has 2 aromatic rings. The average molecular weight is 351 g/mol. The SMILES string of the molecule is COC(=O)C1=COC(C)[C@H]2C[N+]3=C(C[C@H]12)c1[nH]c2ccccc2c1CC3. The molecule has 0 bridgehead atoms. The molecule has 3 aliphatic heterocycles. The number of H-pyrrole nitrogens is 1. The fraction of sp³-hybridized carbons (Fsp3) is 0.429. The summed E-state index contributed by atoms with van der Waals surface area (Å²) in [6.07, 6.45) is 3.64. The van der Waals surface area contributed by atoms with Gasteiger partial charge < -0.3 is 14.5 Å². The van der Waals surface area contributed by atoms with Crippen molar-refractivity contribution in [3.8, 4) is 0 Å². The molecular formula is C21H23N2O3+. The highest BCUT2D eigenvalue weighted by Gasteiger charge is 2.47. The third-order valence-corrected chi connectivity index (χ3v) is 6.31. The van der Waals surface area contributed by atoms with Crippen LogP contribution >= 0.6 is 0 Å². The second-order valence-electron chi connectivity index (χ2n) is 7.55. The molecule has 134 valence electrons. The summed E-state index contributed by atoms with van der Waals surface area (Å²) in [7, 11) is 1.44. The molecule has 0 saturated carbocycles. The standard InChI is InChI=1S/C21H22N2O3/c1-12-16-10-23-8-7-14-13-5-3-4-6-18(13)22-20(14)19(23)9-15(16)17(11-26-12)21(24)25-2/h3-6,11-12,15-16H,7-10H2,1-2H3/p+1/t12?,15-,16+/m0/s1. The highest BCUT2D eigenvalue weighted by atomic mass is 16.5. The van der Waals surface area contributed by atoms with E-state index in [9.17, 15) is 4.79 Å². The summed E-state index contributed by atoms with van der Waals surface area (Å²) >= 11 is 0. The highest BCUT2D eigenvalue weighted by Crippen LogP contribution is 2.39. The number of nitrogens with zero attached hydrogens (tertiary/aromatic N) is 1. The number of carbonyl (C=O) groups is 1. The lowest BCUT2D eigenvalue weighted by atomic mass is 9.74. The topological polar surface area (TPSA) is 54.3 Å². The van der Waals surface area contributed by atoms with Gasteiger partial charge in [0.1, 0.15) is 24.9 Å². The van der Waals surface area contributed by atoms with E-state index in [4.69, 9.17) is 9.47 Å². The Kier molecular flexibility index (Phi) is 3.45. The number of hydrogen-bond donors (Lipinski definition) is 1. The van der Waals surface area contributed by atoms with Crippen LogP contribution < -0.4 is 0 Å². The predicted molar refractivity (Wildman–Crippen MR) is 98.3 cm³/mol. The molecule has 5 rings (SSSR count). The van der Waals surface area contributed by atoms with Crippen molar-refractivity contribution in [2.75, 3.05) is 20.2 Å². The van der Waals surface area contributed by atoms with E-state index >= 15 is 0 Å². The Labute approximate surface area is 152 Å². The Morgan fingerprint density at radius 3 is 3.04 bits per heavy atom. The number of aromatic nitrogens is 1. The first-order chi connectivity index (χ1) is 12.7. The summed E-state index contributed by atoms with van der Waals surface area (Å²) in [6.45, 7) is 4.05. The zero-order valence-corrected chi connectivity index (χ0v) is 15.1. The number of hydrogen-bond acceptors (Lipinski definition) is 3. The zero-order valence-electron chi connectivity index (χ0n) is 15.1. The number of para-hydroxylation sites is 1.